The predicted octanol–water partition coefficient (Wildman–Crippen LogP) is 6.15. The van der Waals surface area contributed by atoms with E-state index in [9.17, 15) is 4.79 Å². The van der Waals surface area contributed by atoms with Gasteiger partial charge in [0.25, 0.3) is 0 Å². The van der Waals surface area contributed by atoms with Gasteiger partial charge in [0.05, 0.1) is 12.9 Å². The van der Waals surface area contributed by atoms with Crippen LogP contribution < -0.4 is 4.74 Å². The molecule has 3 rings (SSSR count). The number of hydrogen-bond acceptors (Lipinski definition) is 3. The van der Waals surface area contributed by atoms with Gasteiger partial charge in [0.1, 0.15) is 5.75 Å². The maximum atomic E-state index is 13.2. The SMILES string of the molecule is COc1ccc2c(c1)CCC(C1CCC(O[Si](C)(C)C(C)(C)C)=C1C)C2=O. The maximum Gasteiger partial charge on any atom is 0.250 e. The minimum atomic E-state index is -1.83. The van der Waals surface area contributed by atoms with Crippen molar-refractivity contribution in [3.63, 3.8) is 0 Å². The zero-order valence-electron chi connectivity index (χ0n) is 17.9. The van der Waals surface area contributed by atoms with Crippen LogP contribution in [0.4, 0.5) is 0 Å². The highest BCUT2D eigenvalue weighted by atomic mass is 28.4. The van der Waals surface area contributed by atoms with Gasteiger partial charge in [0.15, 0.2) is 5.78 Å². The monoisotopic (exact) mass is 386 g/mol. The van der Waals surface area contributed by atoms with Crippen LogP contribution in [0.25, 0.3) is 0 Å². The van der Waals surface area contributed by atoms with Crippen molar-refractivity contribution in [2.75, 3.05) is 7.11 Å². The van der Waals surface area contributed by atoms with Crippen molar-refractivity contribution in [3.05, 3.63) is 40.7 Å². The zero-order chi connectivity index (χ0) is 20.0. The van der Waals surface area contributed by atoms with Gasteiger partial charge in [-0.05, 0) is 79.6 Å². The first-order valence-electron chi connectivity index (χ1n) is 10.1. The summed E-state index contributed by atoms with van der Waals surface area (Å²) in [6, 6.07) is 5.87. The molecular formula is C23H34O3Si. The zero-order valence-corrected chi connectivity index (χ0v) is 18.9. The first kappa shape index (κ1) is 20.2. The van der Waals surface area contributed by atoms with E-state index < -0.39 is 8.32 Å². The molecule has 0 saturated heterocycles. The Hall–Kier alpha value is -1.55. The molecule has 0 fully saturated rings. The van der Waals surface area contributed by atoms with Gasteiger partial charge >= 0.3 is 0 Å². The number of carbonyl (C=O) groups is 1. The van der Waals surface area contributed by atoms with Gasteiger partial charge in [-0.3, -0.25) is 4.79 Å². The summed E-state index contributed by atoms with van der Waals surface area (Å²) in [7, 11) is -0.160. The van der Waals surface area contributed by atoms with Crippen molar-refractivity contribution in [1.29, 1.82) is 0 Å². The molecule has 0 aromatic heterocycles. The van der Waals surface area contributed by atoms with Gasteiger partial charge in [-0.2, -0.15) is 0 Å². The highest BCUT2D eigenvalue weighted by Gasteiger charge is 2.43. The molecule has 4 heteroatoms. The molecule has 3 nitrogen and oxygen atoms in total. The van der Waals surface area contributed by atoms with Crippen LogP contribution in [-0.2, 0) is 10.8 Å². The second-order valence-electron chi connectivity index (χ2n) is 9.65. The Balaban J connectivity index is 1.81. The van der Waals surface area contributed by atoms with Crippen molar-refractivity contribution in [3.8, 4) is 5.75 Å². The van der Waals surface area contributed by atoms with Crippen molar-refractivity contribution in [2.45, 2.75) is 71.5 Å². The molecule has 0 heterocycles. The van der Waals surface area contributed by atoms with E-state index in [1.54, 1.807) is 7.11 Å². The molecule has 0 spiro atoms. The number of fused-ring (bicyclic) bond motifs is 1. The predicted molar refractivity (Wildman–Crippen MR) is 113 cm³/mol. The Kier molecular flexibility index (Phi) is 5.32. The van der Waals surface area contributed by atoms with Crippen LogP contribution in [0.15, 0.2) is 29.5 Å². The van der Waals surface area contributed by atoms with E-state index >= 15 is 0 Å². The first-order chi connectivity index (χ1) is 12.5. The molecule has 1 aromatic carbocycles. The fraction of sp³-hybridized carbons (Fsp3) is 0.609. The van der Waals surface area contributed by atoms with Gasteiger partial charge in [-0.15, -0.1) is 0 Å². The van der Waals surface area contributed by atoms with Gasteiger partial charge < -0.3 is 9.16 Å². The second-order valence-corrected chi connectivity index (χ2v) is 14.4. The van der Waals surface area contributed by atoms with Crippen LogP contribution in [0, 0.1) is 11.8 Å². The fourth-order valence-electron chi connectivity index (χ4n) is 4.17. The molecule has 1 aromatic rings. The number of aryl methyl sites for hydroxylation is 1. The van der Waals surface area contributed by atoms with Gasteiger partial charge in [0, 0.05) is 17.9 Å². The Labute approximate surface area is 165 Å². The summed E-state index contributed by atoms with van der Waals surface area (Å²) in [5.41, 5.74) is 3.33. The average molecular weight is 387 g/mol. The first-order valence-corrected chi connectivity index (χ1v) is 13.1. The number of rotatable bonds is 4. The largest absolute Gasteiger partial charge is 0.547 e. The van der Waals surface area contributed by atoms with E-state index in [4.69, 9.17) is 9.16 Å². The Bertz CT molecular complexity index is 770. The second kappa shape index (κ2) is 7.12. The third-order valence-corrected chi connectivity index (χ3v) is 11.4. The van der Waals surface area contributed by atoms with E-state index in [1.165, 1.54) is 11.3 Å². The van der Waals surface area contributed by atoms with Crippen LogP contribution in [0.3, 0.4) is 0 Å². The number of carbonyl (C=O) groups excluding carboxylic acids is 1. The molecule has 0 saturated carbocycles. The van der Waals surface area contributed by atoms with Crippen LogP contribution in [0.5, 0.6) is 5.75 Å². The van der Waals surface area contributed by atoms with Crippen molar-refractivity contribution < 1.29 is 14.0 Å². The van der Waals surface area contributed by atoms with E-state index in [0.29, 0.717) is 11.7 Å². The summed E-state index contributed by atoms with van der Waals surface area (Å²) < 4.78 is 11.9. The molecule has 2 aliphatic rings. The summed E-state index contributed by atoms with van der Waals surface area (Å²) in [5, 5.41) is 0.191. The van der Waals surface area contributed by atoms with Crippen LogP contribution in [0.2, 0.25) is 18.1 Å². The molecule has 2 aliphatic carbocycles. The van der Waals surface area contributed by atoms with E-state index in [0.717, 1.165) is 42.6 Å². The molecule has 0 amide bonds. The summed E-state index contributed by atoms with van der Waals surface area (Å²) >= 11 is 0. The molecule has 2 atom stereocenters. The topological polar surface area (TPSA) is 35.5 Å². The van der Waals surface area contributed by atoms with Crippen molar-refractivity contribution in [1.82, 2.24) is 0 Å². The molecular weight excluding hydrogens is 352 g/mol. The lowest BCUT2D eigenvalue weighted by Gasteiger charge is -2.37. The van der Waals surface area contributed by atoms with Crippen molar-refractivity contribution in [2.24, 2.45) is 11.8 Å². The minimum absolute atomic E-state index is 0.0893. The van der Waals surface area contributed by atoms with Gasteiger partial charge in [0.2, 0.25) is 8.32 Å². The number of methoxy groups -OCH3 is 1. The molecule has 2 unspecified atom stereocenters. The molecule has 0 aliphatic heterocycles. The summed E-state index contributed by atoms with van der Waals surface area (Å²) in [6.45, 7) is 13.6. The third-order valence-electron chi connectivity index (χ3n) is 6.99. The molecule has 27 heavy (non-hydrogen) atoms. The van der Waals surface area contributed by atoms with Crippen LogP contribution in [-0.4, -0.2) is 21.2 Å². The Morgan fingerprint density at radius 2 is 1.74 bits per heavy atom. The lowest BCUT2D eigenvalue weighted by molar-refractivity contribution is 0.0863. The molecule has 0 radical (unpaired) electrons. The summed E-state index contributed by atoms with van der Waals surface area (Å²) in [6.07, 6.45) is 3.89. The minimum Gasteiger partial charge on any atom is -0.547 e. The lowest BCUT2D eigenvalue weighted by Crippen LogP contribution is -2.40. The van der Waals surface area contributed by atoms with Gasteiger partial charge in [-0.25, -0.2) is 0 Å². The highest BCUT2D eigenvalue weighted by molar-refractivity contribution is 6.74. The summed E-state index contributed by atoms with van der Waals surface area (Å²) in [5.74, 6) is 2.72. The Morgan fingerprint density at radius 1 is 1.07 bits per heavy atom. The molecule has 0 N–H and O–H groups in total. The number of ketones is 1. The Morgan fingerprint density at radius 3 is 2.37 bits per heavy atom. The number of hydrogen-bond donors (Lipinski definition) is 0. The number of ether oxygens (including phenoxy) is 1. The van der Waals surface area contributed by atoms with Gasteiger partial charge in [-0.1, -0.05) is 20.8 Å². The molecule has 0 bridgehead atoms. The van der Waals surface area contributed by atoms with Crippen LogP contribution in [0.1, 0.15) is 62.9 Å². The summed E-state index contributed by atoms with van der Waals surface area (Å²) in [4.78, 5) is 13.2. The molecule has 148 valence electrons. The fourth-order valence-corrected chi connectivity index (χ4v) is 5.36. The smallest absolute Gasteiger partial charge is 0.250 e. The van der Waals surface area contributed by atoms with E-state index in [-0.39, 0.29) is 11.0 Å². The lowest BCUT2D eigenvalue weighted by atomic mass is 9.74. The van der Waals surface area contributed by atoms with E-state index in [2.05, 4.69) is 40.8 Å². The standard InChI is InChI=1S/C23H34O3Si/c1-15-18(12-13-21(15)26-27(6,7)23(2,3)4)20-10-8-16-14-17(25-5)9-11-19(16)22(20)24/h9,11,14,18,20H,8,10,12-13H2,1-7H3. The van der Waals surface area contributed by atoms with Crippen LogP contribution >= 0.6 is 0 Å². The normalized spacial score (nSPS) is 23.4. The quantitative estimate of drug-likeness (QED) is 0.583. The maximum absolute atomic E-state index is 13.2. The highest BCUT2D eigenvalue weighted by Crippen LogP contribution is 2.46. The van der Waals surface area contributed by atoms with E-state index in [1.807, 2.05) is 18.2 Å². The average Bonchev–Trinajstić information content (AvgIpc) is 2.94. The third kappa shape index (κ3) is 3.73. The number of benzene rings is 1. The van der Waals surface area contributed by atoms with Crippen molar-refractivity contribution >= 4 is 14.1 Å². The number of Topliss-reactive ketones (excluding diaryl/α,β-unsaturated/α-hetero) is 1. The number of allylic oxidation sites excluding steroid dienone is 2.